The lowest BCUT2D eigenvalue weighted by molar-refractivity contribution is -0.384. The molecule has 0 aliphatic carbocycles. The van der Waals surface area contributed by atoms with Gasteiger partial charge in [0.1, 0.15) is 0 Å². The molecule has 18 heavy (non-hydrogen) atoms. The molecule has 0 bridgehead atoms. The number of amides is 1. The highest BCUT2D eigenvalue weighted by Crippen LogP contribution is 2.43. The summed E-state index contributed by atoms with van der Waals surface area (Å²) in [7, 11) is 0. The second-order valence-corrected chi connectivity index (χ2v) is 5.35. The van der Waals surface area contributed by atoms with Gasteiger partial charge in [0, 0.05) is 18.2 Å². The topological polar surface area (TPSA) is 63.5 Å². The smallest absolute Gasteiger partial charge is 0.271 e. The number of carbonyl (C=O) groups is 1. The van der Waals surface area contributed by atoms with Crippen LogP contribution >= 0.6 is 0 Å². The zero-order valence-corrected chi connectivity index (χ0v) is 10.9. The number of rotatable bonds is 2. The first kappa shape index (κ1) is 12.5. The number of carbonyl (C=O) groups excluding carboxylic acids is 1. The Bertz CT molecular complexity index is 535. The summed E-state index contributed by atoms with van der Waals surface area (Å²) in [5.74, 6) is -0.00648. The van der Waals surface area contributed by atoms with Crippen LogP contribution < -0.4 is 4.90 Å². The summed E-state index contributed by atoms with van der Waals surface area (Å²) in [4.78, 5) is 24.4. The standard InChI is InChI=1S/C13H16N2O3/c1-8(2)14-11-7-9(15(17)18)5-6-10(11)13(3,4)12(14)16/h5-8H,1-4H3. The van der Waals surface area contributed by atoms with Crippen LogP contribution in [0.1, 0.15) is 33.3 Å². The normalized spacial score (nSPS) is 17.2. The molecule has 1 aromatic rings. The SMILES string of the molecule is CC(C)N1C(=O)C(C)(C)c2ccc([N+](=O)[O-])cc21. The maximum Gasteiger partial charge on any atom is 0.271 e. The molecule has 0 N–H and O–H groups in total. The second-order valence-electron chi connectivity index (χ2n) is 5.35. The highest BCUT2D eigenvalue weighted by atomic mass is 16.6. The number of fused-ring (bicyclic) bond motifs is 1. The number of hydrogen-bond donors (Lipinski definition) is 0. The molecule has 5 nitrogen and oxygen atoms in total. The van der Waals surface area contributed by atoms with E-state index in [1.54, 1.807) is 11.0 Å². The number of benzene rings is 1. The number of nitrogens with zero attached hydrogens (tertiary/aromatic N) is 2. The molecule has 1 heterocycles. The first-order valence-electron chi connectivity index (χ1n) is 5.89. The van der Waals surface area contributed by atoms with E-state index in [0.717, 1.165) is 5.56 Å². The van der Waals surface area contributed by atoms with Crippen molar-refractivity contribution in [2.45, 2.75) is 39.2 Å². The second kappa shape index (κ2) is 3.80. The summed E-state index contributed by atoms with van der Waals surface area (Å²) in [5, 5.41) is 10.8. The summed E-state index contributed by atoms with van der Waals surface area (Å²) < 4.78 is 0. The van der Waals surface area contributed by atoms with Crippen LogP contribution in [0.15, 0.2) is 18.2 Å². The van der Waals surface area contributed by atoms with E-state index in [1.807, 2.05) is 27.7 Å². The van der Waals surface area contributed by atoms with Crippen LogP contribution in [-0.2, 0) is 10.2 Å². The van der Waals surface area contributed by atoms with Crippen molar-refractivity contribution in [1.29, 1.82) is 0 Å². The van der Waals surface area contributed by atoms with Gasteiger partial charge in [-0.25, -0.2) is 0 Å². The van der Waals surface area contributed by atoms with Crippen LogP contribution in [0.3, 0.4) is 0 Å². The molecule has 0 atom stereocenters. The number of nitro benzene ring substituents is 1. The van der Waals surface area contributed by atoms with Gasteiger partial charge >= 0.3 is 0 Å². The van der Waals surface area contributed by atoms with E-state index in [-0.39, 0.29) is 17.6 Å². The van der Waals surface area contributed by atoms with Crippen molar-refractivity contribution in [2.24, 2.45) is 0 Å². The lowest BCUT2D eigenvalue weighted by Gasteiger charge is -2.23. The summed E-state index contributed by atoms with van der Waals surface area (Å²) in [6.07, 6.45) is 0. The molecule has 0 spiro atoms. The molecular weight excluding hydrogens is 232 g/mol. The molecule has 1 amide bonds. The van der Waals surface area contributed by atoms with Crippen LogP contribution in [0, 0.1) is 10.1 Å². The molecule has 0 aromatic heterocycles. The number of nitro groups is 1. The third kappa shape index (κ3) is 1.58. The molecule has 0 fully saturated rings. The molecule has 0 radical (unpaired) electrons. The van der Waals surface area contributed by atoms with Crippen LogP contribution in [-0.4, -0.2) is 16.9 Å². The largest absolute Gasteiger partial charge is 0.309 e. The zero-order valence-electron chi connectivity index (χ0n) is 10.9. The number of anilines is 1. The van der Waals surface area contributed by atoms with Crippen LogP contribution in [0.25, 0.3) is 0 Å². The van der Waals surface area contributed by atoms with Gasteiger partial charge in [-0.2, -0.15) is 0 Å². The Kier molecular flexibility index (Phi) is 2.65. The van der Waals surface area contributed by atoms with Gasteiger partial charge in [0.25, 0.3) is 5.69 Å². The van der Waals surface area contributed by atoms with E-state index >= 15 is 0 Å². The minimum atomic E-state index is -0.616. The van der Waals surface area contributed by atoms with Crippen molar-refractivity contribution in [2.75, 3.05) is 4.90 Å². The fourth-order valence-corrected chi connectivity index (χ4v) is 2.40. The average Bonchev–Trinajstić information content (AvgIpc) is 2.47. The van der Waals surface area contributed by atoms with Crippen LogP contribution in [0.4, 0.5) is 11.4 Å². The van der Waals surface area contributed by atoms with Gasteiger partial charge in [-0.15, -0.1) is 0 Å². The Hall–Kier alpha value is -1.91. The van der Waals surface area contributed by atoms with Gasteiger partial charge in [-0.05, 0) is 39.3 Å². The van der Waals surface area contributed by atoms with Crippen molar-refractivity contribution >= 4 is 17.3 Å². The van der Waals surface area contributed by atoms with Crippen molar-refractivity contribution in [3.05, 3.63) is 33.9 Å². The molecule has 0 unspecified atom stereocenters. The van der Waals surface area contributed by atoms with Gasteiger partial charge < -0.3 is 4.90 Å². The van der Waals surface area contributed by atoms with Gasteiger partial charge in [0.15, 0.2) is 0 Å². The maximum absolute atomic E-state index is 12.4. The first-order chi connectivity index (χ1) is 8.26. The Labute approximate surface area is 106 Å². The molecule has 5 heteroatoms. The van der Waals surface area contributed by atoms with Crippen LogP contribution in [0.2, 0.25) is 0 Å². The fourth-order valence-electron chi connectivity index (χ4n) is 2.40. The minimum Gasteiger partial charge on any atom is -0.309 e. The fraction of sp³-hybridized carbons (Fsp3) is 0.462. The molecule has 1 aliphatic rings. The Morgan fingerprint density at radius 1 is 1.33 bits per heavy atom. The molecule has 0 saturated carbocycles. The molecule has 0 saturated heterocycles. The highest BCUT2D eigenvalue weighted by Gasteiger charge is 2.45. The maximum atomic E-state index is 12.4. The summed E-state index contributed by atoms with van der Waals surface area (Å²) in [6, 6.07) is 4.62. The van der Waals surface area contributed by atoms with Crippen molar-refractivity contribution in [3.8, 4) is 0 Å². The van der Waals surface area contributed by atoms with E-state index < -0.39 is 10.3 Å². The van der Waals surface area contributed by atoms with Crippen molar-refractivity contribution < 1.29 is 9.72 Å². The van der Waals surface area contributed by atoms with Crippen LogP contribution in [0.5, 0.6) is 0 Å². The number of hydrogen-bond acceptors (Lipinski definition) is 3. The molecular formula is C13H16N2O3. The van der Waals surface area contributed by atoms with Gasteiger partial charge in [-0.3, -0.25) is 14.9 Å². The monoisotopic (exact) mass is 248 g/mol. The highest BCUT2D eigenvalue weighted by molar-refractivity contribution is 6.08. The summed E-state index contributed by atoms with van der Waals surface area (Å²) >= 11 is 0. The Morgan fingerprint density at radius 2 is 1.94 bits per heavy atom. The zero-order chi connectivity index (χ0) is 13.7. The Morgan fingerprint density at radius 3 is 2.44 bits per heavy atom. The quantitative estimate of drug-likeness (QED) is 0.597. The minimum absolute atomic E-state index is 0.00648. The molecule has 1 aliphatic heterocycles. The van der Waals surface area contributed by atoms with Crippen molar-refractivity contribution in [1.82, 2.24) is 0 Å². The lowest BCUT2D eigenvalue weighted by atomic mass is 9.86. The molecule has 1 aromatic carbocycles. The van der Waals surface area contributed by atoms with Gasteiger partial charge in [0.2, 0.25) is 5.91 Å². The van der Waals surface area contributed by atoms with E-state index in [9.17, 15) is 14.9 Å². The molecule has 2 rings (SSSR count). The van der Waals surface area contributed by atoms with E-state index in [2.05, 4.69) is 0 Å². The molecule has 96 valence electrons. The van der Waals surface area contributed by atoms with Gasteiger partial charge in [-0.1, -0.05) is 0 Å². The van der Waals surface area contributed by atoms with E-state index in [1.165, 1.54) is 12.1 Å². The predicted molar refractivity (Wildman–Crippen MR) is 68.7 cm³/mol. The van der Waals surface area contributed by atoms with E-state index in [4.69, 9.17) is 0 Å². The number of non-ortho nitro benzene ring substituents is 1. The van der Waals surface area contributed by atoms with E-state index in [0.29, 0.717) is 5.69 Å². The predicted octanol–water partition coefficient (Wildman–Crippen LogP) is 2.63. The first-order valence-corrected chi connectivity index (χ1v) is 5.89. The summed E-state index contributed by atoms with van der Waals surface area (Å²) in [5.41, 5.74) is 0.917. The van der Waals surface area contributed by atoms with Crippen molar-refractivity contribution in [3.63, 3.8) is 0 Å². The Balaban J connectivity index is 2.65. The van der Waals surface area contributed by atoms with Gasteiger partial charge in [0.05, 0.1) is 16.0 Å². The summed E-state index contributed by atoms with van der Waals surface area (Å²) in [6.45, 7) is 7.51. The lowest BCUT2D eigenvalue weighted by Crippen LogP contribution is -2.40. The average molecular weight is 248 g/mol. The third-order valence-electron chi connectivity index (χ3n) is 3.39. The third-order valence-corrected chi connectivity index (χ3v) is 3.39.